The lowest BCUT2D eigenvalue weighted by Gasteiger charge is -2.24. The normalized spacial score (nSPS) is 17.5. The molecule has 0 saturated heterocycles. The molecule has 0 radical (unpaired) electrons. The van der Waals surface area contributed by atoms with Gasteiger partial charge in [0.1, 0.15) is 0 Å². The molecule has 0 heterocycles. The van der Waals surface area contributed by atoms with E-state index in [0.717, 1.165) is 17.7 Å². The van der Waals surface area contributed by atoms with Crippen molar-refractivity contribution in [2.75, 3.05) is 6.54 Å². The maximum absolute atomic E-state index is 5.95. The highest BCUT2D eigenvalue weighted by Crippen LogP contribution is 2.21. The van der Waals surface area contributed by atoms with Gasteiger partial charge in [-0.15, -0.1) is 0 Å². The molecular formula is C11H25N3. The number of nitrogens with two attached hydrogens (primary N) is 3. The lowest BCUT2D eigenvalue weighted by atomic mass is 9.87. The van der Waals surface area contributed by atoms with Crippen molar-refractivity contribution in [2.45, 2.75) is 46.1 Å². The Morgan fingerprint density at radius 1 is 1.36 bits per heavy atom. The fraction of sp³-hybridized carbons (Fsp3) is 0.818. The largest absolute Gasteiger partial charge is 0.402 e. The van der Waals surface area contributed by atoms with E-state index in [9.17, 15) is 0 Å². The predicted octanol–water partition coefficient (Wildman–Crippen LogP) is 1.33. The minimum atomic E-state index is 0.138. The van der Waals surface area contributed by atoms with Gasteiger partial charge in [-0.3, -0.25) is 0 Å². The molecule has 3 nitrogen and oxygen atoms in total. The molecule has 0 aromatic rings. The summed E-state index contributed by atoms with van der Waals surface area (Å²) in [6.07, 6.45) is 3.46. The Labute approximate surface area is 87.7 Å². The molecule has 2 unspecified atom stereocenters. The number of rotatable bonds is 6. The van der Waals surface area contributed by atoms with E-state index in [1.165, 1.54) is 12.8 Å². The number of hydrogen-bond acceptors (Lipinski definition) is 3. The highest BCUT2D eigenvalue weighted by molar-refractivity contribution is 5.15. The van der Waals surface area contributed by atoms with Gasteiger partial charge in [0.15, 0.2) is 0 Å². The number of hydrogen-bond donors (Lipinski definition) is 3. The number of allylic oxidation sites excluding steroid dienone is 1. The molecule has 0 fully saturated rings. The van der Waals surface area contributed by atoms with Gasteiger partial charge in [-0.05, 0) is 31.8 Å². The van der Waals surface area contributed by atoms with Gasteiger partial charge in [0, 0.05) is 18.3 Å². The van der Waals surface area contributed by atoms with Crippen molar-refractivity contribution in [1.82, 2.24) is 0 Å². The lowest BCUT2D eigenvalue weighted by Crippen LogP contribution is -2.32. The van der Waals surface area contributed by atoms with Crippen LogP contribution in [0.5, 0.6) is 0 Å². The second-order valence-corrected chi connectivity index (χ2v) is 4.02. The summed E-state index contributed by atoms with van der Waals surface area (Å²) in [5.74, 6) is 0.352. The molecule has 0 bridgehead atoms. The number of unbranched alkanes of at least 4 members (excludes halogenated alkanes) is 1. The SMILES string of the molecule is CCCCC(/C(CN)=C(/C)N)C(C)N. The standard InChI is InChI=1S/C11H25N3/c1-4-5-6-10(8(2)13)11(7-12)9(3)14/h8,10H,4-7,12-14H2,1-3H3/b11-9-. The average molecular weight is 199 g/mol. The zero-order valence-electron chi connectivity index (χ0n) is 9.72. The van der Waals surface area contributed by atoms with Crippen LogP contribution in [0, 0.1) is 5.92 Å². The predicted molar refractivity (Wildman–Crippen MR) is 62.6 cm³/mol. The Morgan fingerprint density at radius 2 is 1.93 bits per heavy atom. The van der Waals surface area contributed by atoms with Crippen LogP contribution in [0.1, 0.15) is 40.0 Å². The van der Waals surface area contributed by atoms with E-state index in [1.807, 2.05) is 13.8 Å². The molecule has 0 saturated carbocycles. The smallest absolute Gasteiger partial charge is 0.0160 e. The molecule has 0 spiro atoms. The summed E-state index contributed by atoms with van der Waals surface area (Å²) in [5.41, 5.74) is 19.4. The Kier molecular flexibility index (Phi) is 6.58. The first-order valence-electron chi connectivity index (χ1n) is 5.45. The van der Waals surface area contributed by atoms with E-state index in [4.69, 9.17) is 17.2 Å². The first kappa shape index (κ1) is 13.5. The molecule has 6 N–H and O–H groups in total. The van der Waals surface area contributed by atoms with Crippen LogP contribution < -0.4 is 17.2 Å². The summed E-state index contributed by atoms with van der Waals surface area (Å²) in [6.45, 7) is 6.64. The van der Waals surface area contributed by atoms with Crippen molar-refractivity contribution in [3.8, 4) is 0 Å². The molecular weight excluding hydrogens is 174 g/mol. The molecule has 0 aliphatic carbocycles. The molecule has 0 aromatic heterocycles. The van der Waals surface area contributed by atoms with E-state index < -0.39 is 0 Å². The average Bonchev–Trinajstić information content (AvgIpc) is 2.10. The Bertz CT molecular complexity index is 181. The molecule has 0 aliphatic rings. The second kappa shape index (κ2) is 6.85. The van der Waals surface area contributed by atoms with E-state index in [-0.39, 0.29) is 6.04 Å². The minimum absolute atomic E-state index is 0.138. The highest BCUT2D eigenvalue weighted by atomic mass is 14.7. The van der Waals surface area contributed by atoms with Crippen LogP contribution in [-0.2, 0) is 0 Å². The van der Waals surface area contributed by atoms with Crippen molar-refractivity contribution in [2.24, 2.45) is 23.1 Å². The molecule has 0 aromatic carbocycles. The van der Waals surface area contributed by atoms with Crippen LogP contribution >= 0.6 is 0 Å². The fourth-order valence-electron chi connectivity index (χ4n) is 1.78. The molecule has 0 amide bonds. The second-order valence-electron chi connectivity index (χ2n) is 4.02. The highest BCUT2D eigenvalue weighted by Gasteiger charge is 2.18. The van der Waals surface area contributed by atoms with E-state index >= 15 is 0 Å². The lowest BCUT2D eigenvalue weighted by molar-refractivity contribution is 0.448. The first-order valence-corrected chi connectivity index (χ1v) is 5.45. The van der Waals surface area contributed by atoms with Gasteiger partial charge in [-0.1, -0.05) is 19.8 Å². The van der Waals surface area contributed by atoms with Crippen molar-refractivity contribution in [1.29, 1.82) is 0 Å². The molecule has 0 rings (SSSR count). The Morgan fingerprint density at radius 3 is 2.21 bits per heavy atom. The van der Waals surface area contributed by atoms with Crippen LogP contribution in [0.2, 0.25) is 0 Å². The van der Waals surface area contributed by atoms with E-state index in [2.05, 4.69) is 6.92 Å². The summed E-state index contributed by atoms with van der Waals surface area (Å²) in [6, 6.07) is 0.138. The monoisotopic (exact) mass is 199 g/mol. The minimum Gasteiger partial charge on any atom is -0.402 e. The maximum atomic E-state index is 5.95. The van der Waals surface area contributed by atoms with Crippen LogP contribution in [0.15, 0.2) is 11.3 Å². The summed E-state index contributed by atoms with van der Waals surface area (Å²) in [5, 5.41) is 0. The molecule has 84 valence electrons. The summed E-state index contributed by atoms with van der Waals surface area (Å²) in [4.78, 5) is 0. The van der Waals surface area contributed by atoms with Gasteiger partial charge in [0.05, 0.1) is 0 Å². The van der Waals surface area contributed by atoms with E-state index in [1.54, 1.807) is 0 Å². The van der Waals surface area contributed by atoms with Gasteiger partial charge in [-0.2, -0.15) is 0 Å². The first-order chi connectivity index (χ1) is 6.54. The molecule has 2 atom stereocenters. The summed E-state index contributed by atoms with van der Waals surface area (Å²) in [7, 11) is 0. The van der Waals surface area contributed by atoms with Gasteiger partial charge >= 0.3 is 0 Å². The Balaban J connectivity index is 4.54. The van der Waals surface area contributed by atoms with Crippen LogP contribution in [0.4, 0.5) is 0 Å². The van der Waals surface area contributed by atoms with Crippen LogP contribution in [0.3, 0.4) is 0 Å². The zero-order chi connectivity index (χ0) is 11.1. The van der Waals surface area contributed by atoms with Crippen LogP contribution in [-0.4, -0.2) is 12.6 Å². The Hall–Kier alpha value is -0.540. The van der Waals surface area contributed by atoms with Crippen molar-refractivity contribution in [3.63, 3.8) is 0 Å². The van der Waals surface area contributed by atoms with Crippen molar-refractivity contribution < 1.29 is 0 Å². The van der Waals surface area contributed by atoms with Crippen LogP contribution in [0.25, 0.3) is 0 Å². The van der Waals surface area contributed by atoms with Crippen molar-refractivity contribution >= 4 is 0 Å². The van der Waals surface area contributed by atoms with Gasteiger partial charge in [0.2, 0.25) is 0 Å². The molecule has 0 aliphatic heterocycles. The van der Waals surface area contributed by atoms with Gasteiger partial charge < -0.3 is 17.2 Å². The van der Waals surface area contributed by atoms with Gasteiger partial charge in [-0.25, -0.2) is 0 Å². The van der Waals surface area contributed by atoms with Gasteiger partial charge in [0.25, 0.3) is 0 Å². The summed E-state index contributed by atoms with van der Waals surface area (Å²) < 4.78 is 0. The van der Waals surface area contributed by atoms with Crippen molar-refractivity contribution in [3.05, 3.63) is 11.3 Å². The third-order valence-electron chi connectivity index (χ3n) is 2.68. The molecule has 14 heavy (non-hydrogen) atoms. The maximum Gasteiger partial charge on any atom is 0.0160 e. The topological polar surface area (TPSA) is 78.1 Å². The van der Waals surface area contributed by atoms with E-state index in [0.29, 0.717) is 12.5 Å². The summed E-state index contributed by atoms with van der Waals surface area (Å²) >= 11 is 0. The third-order valence-corrected chi connectivity index (χ3v) is 2.68. The molecule has 3 heteroatoms. The zero-order valence-corrected chi connectivity index (χ0v) is 9.72. The third kappa shape index (κ3) is 4.11. The quantitative estimate of drug-likeness (QED) is 0.604. The fourth-order valence-corrected chi connectivity index (χ4v) is 1.78.